The van der Waals surface area contributed by atoms with Crippen LogP contribution < -0.4 is 0 Å². The number of allylic oxidation sites excluding steroid dienone is 8. The molecule has 1 heterocycles. The zero-order valence-corrected chi connectivity index (χ0v) is 21.2. The maximum Gasteiger partial charge on any atom is 0.312 e. The summed E-state index contributed by atoms with van der Waals surface area (Å²) in [5, 5.41) is 35.0. The quantitative estimate of drug-likeness (QED) is 0.174. The standard InChI is InChI=1S/C28H32O8/c1-7-9-11-13-16(29)18-19-20-26(6)28(35,15(3)22(32)36-26)25(5,21(18)31)27(20,23(33)24(19,4)34)17(30)14-12-10-8-2/h7-15,19-20,29,34-35H,1-6H3/b9-7+,10-8+,13-11+,14-12+,18-16-/t15-,19+,20+,24-,25+,26-,27-,28-/m0/s1. The monoisotopic (exact) mass is 496 g/mol. The molecule has 0 aromatic carbocycles. The minimum Gasteiger partial charge on any atom is -0.508 e. The number of ketones is 3. The summed E-state index contributed by atoms with van der Waals surface area (Å²) < 4.78 is 5.74. The summed E-state index contributed by atoms with van der Waals surface area (Å²) in [7, 11) is 0. The van der Waals surface area contributed by atoms with Crippen LogP contribution in [0.4, 0.5) is 0 Å². The predicted octanol–water partition coefficient (Wildman–Crippen LogP) is 2.47. The van der Waals surface area contributed by atoms with Crippen LogP contribution >= 0.6 is 0 Å². The van der Waals surface area contributed by atoms with Gasteiger partial charge in [0.1, 0.15) is 28.0 Å². The summed E-state index contributed by atoms with van der Waals surface area (Å²) in [6, 6.07) is 0. The molecule has 0 aromatic heterocycles. The Hall–Kier alpha value is -3.10. The number of hydrogen-bond donors (Lipinski definition) is 3. The van der Waals surface area contributed by atoms with Crippen LogP contribution in [0.3, 0.4) is 0 Å². The molecule has 3 saturated carbocycles. The van der Waals surface area contributed by atoms with Gasteiger partial charge in [-0.25, -0.2) is 0 Å². The molecule has 8 nitrogen and oxygen atoms in total. The van der Waals surface area contributed by atoms with Crippen molar-refractivity contribution < 1.29 is 39.2 Å². The summed E-state index contributed by atoms with van der Waals surface area (Å²) in [4.78, 5) is 55.4. The lowest BCUT2D eigenvalue weighted by Crippen LogP contribution is -2.65. The molecule has 3 N–H and O–H groups in total. The molecule has 0 radical (unpaired) electrons. The first-order chi connectivity index (χ1) is 16.7. The number of ether oxygens (including phenoxy) is 1. The number of fused-ring (bicyclic) bond motifs is 2. The highest BCUT2D eigenvalue weighted by molar-refractivity contribution is 6.26. The normalized spacial score (nSPS) is 47.1. The molecule has 0 spiro atoms. The summed E-state index contributed by atoms with van der Waals surface area (Å²) in [5.41, 5.74) is -11.2. The minimum absolute atomic E-state index is 0.271. The van der Waals surface area contributed by atoms with Crippen LogP contribution in [-0.4, -0.2) is 55.4 Å². The van der Waals surface area contributed by atoms with Gasteiger partial charge in [0.05, 0.1) is 11.3 Å². The van der Waals surface area contributed by atoms with Crippen molar-refractivity contribution >= 4 is 23.3 Å². The van der Waals surface area contributed by atoms with E-state index in [0.717, 1.165) is 6.08 Å². The lowest BCUT2D eigenvalue weighted by molar-refractivity contribution is -0.180. The molecule has 4 bridgehead atoms. The number of esters is 1. The van der Waals surface area contributed by atoms with Crippen LogP contribution in [0.2, 0.25) is 0 Å². The summed E-state index contributed by atoms with van der Waals surface area (Å²) in [6.45, 7) is 8.79. The molecular formula is C28H32O8. The van der Waals surface area contributed by atoms with Crippen molar-refractivity contribution in [2.45, 2.75) is 58.3 Å². The lowest BCUT2D eigenvalue weighted by Gasteiger charge is -2.48. The van der Waals surface area contributed by atoms with Crippen molar-refractivity contribution in [1.82, 2.24) is 0 Å². The Kier molecular flexibility index (Phi) is 5.56. The van der Waals surface area contributed by atoms with E-state index in [1.54, 1.807) is 38.2 Å². The molecule has 8 heteroatoms. The third-order valence-corrected chi connectivity index (χ3v) is 9.20. The second-order valence-electron chi connectivity index (χ2n) is 10.6. The Bertz CT molecular complexity index is 1230. The molecular weight excluding hydrogens is 464 g/mol. The Labute approximate surface area is 209 Å². The van der Waals surface area contributed by atoms with Crippen LogP contribution in [0.15, 0.2) is 59.9 Å². The average Bonchev–Trinajstić information content (AvgIpc) is 3.15. The van der Waals surface area contributed by atoms with Crippen molar-refractivity contribution in [2.75, 3.05) is 0 Å². The highest BCUT2D eigenvalue weighted by Gasteiger charge is 2.97. The molecule has 0 unspecified atom stereocenters. The number of carbonyl (C=O) groups excluding carboxylic acids is 4. The van der Waals surface area contributed by atoms with Crippen molar-refractivity contribution in [2.24, 2.45) is 28.6 Å². The van der Waals surface area contributed by atoms with Crippen molar-refractivity contribution in [1.29, 1.82) is 0 Å². The van der Waals surface area contributed by atoms with Gasteiger partial charge in [-0.05, 0) is 53.7 Å². The van der Waals surface area contributed by atoms with Gasteiger partial charge in [-0.15, -0.1) is 0 Å². The minimum atomic E-state index is -2.28. The van der Waals surface area contributed by atoms with Gasteiger partial charge in [-0.2, -0.15) is 0 Å². The van der Waals surface area contributed by atoms with E-state index >= 15 is 0 Å². The van der Waals surface area contributed by atoms with E-state index in [1.807, 2.05) is 0 Å². The largest absolute Gasteiger partial charge is 0.508 e. The van der Waals surface area contributed by atoms with E-state index in [1.165, 1.54) is 45.9 Å². The molecule has 8 atom stereocenters. The van der Waals surface area contributed by atoms with E-state index in [4.69, 9.17) is 4.74 Å². The van der Waals surface area contributed by atoms with Gasteiger partial charge in [-0.3, -0.25) is 19.2 Å². The first-order valence-corrected chi connectivity index (χ1v) is 12.0. The number of hydrogen-bond acceptors (Lipinski definition) is 8. The molecule has 1 saturated heterocycles. The van der Waals surface area contributed by atoms with Crippen molar-refractivity contribution in [3.63, 3.8) is 0 Å². The fourth-order valence-electron chi connectivity index (χ4n) is 7.76. The molecule has 192 valence electrons. The number of aliphatic hydroxyl groups is 3. The first kappa shape index (κ1) is 26.0. The van der Waals surface area contributed by atoms with Crippen LogP contribution in [0.1, 0.15) is 41.5 Å². The van der Waals surface area contributed by atoms with Gasteiger partial charge in [0.25, 0.3) is 0 Å². The van der Waals surface area contributed by atoms with E-state index in [9.17, 15) is 34.5 Å². The zero-order valence-electron chi connectivity index (χ0n) is 21.2. The Morgan fingerprint density at radius 2 is 1.50 bits per heavy atom. The topological polar surface area (TPSA) is 138 Å². The van der Waals surface area contributed by atoms with E-state index in [-0.39, 0.29) is 5.57 Å². The van der Waals surface area contributed by atoms with Crippen LogP contribution in [0, 0.1) is 28.6 Å². The highest BCUT2D eigenvalue weighted by Crippen LogP contribution is 2.81. The van der Waals surface area contributed by atoms with Gasteiger partial charge in [0, 0.05) is 17.4 Å². The smallest absolute Gasteiger partial charge is 0.312 e. The first-order valence-electron chi connectivity index (χ1n) is 12.0. The highest BCUT2D eigenvalue weighted by atomic mass is 16.6. The zero-order chi connectivity index (χ0) is 27.1. The van der Waals surface area contributed by atoms with Crippen molar-refractivity contribution in [3.05, 3.63) is 59.9 Å². The Morgan fingerprint density at radius 3 is 2.06 bits per heavy atom. The molecule has 1 aliphatic heterocycles. The van der Waals surface area contributed by atoms with Crippen LogP contribution in [0.25, 0.3) is 0 Å². The summed E-state index contributed by atoms with van der Waals surface area (Å²) in [5.74, 6) is -7.85. The Morgan fingerprint density at radius 1 is 0.944 bits per heavy atom. The predicted molar refractivity (Wildman–Crippen MR) is 129 cm³/mol. The molecule has 3 aliphatic carbocycles. The van der Waals surface area contributed by atoms with Gasteiger partial charge >= 0.3 is 5.97 Å². The molecule has 0 amide bonds. The summed E-state index contributed by atoms with van der Waals surface area (Å²) >= 11 is 0. The van der Waals surface area contributed by atoms with Crippen LogP contribution in [0.5, 0.6) is 0 Å². The molecule has 36 heavy (non-hydrogen) atoms. The maximum absolute atomic E-state index is 14.4. The maximum atomic E-state index is 14.4. The third-order valence-electron chi connectivity index (χ3n) is 9.20. The van der Waals surface area contributed by atoms with Gasteiger partial charge in [0.2, 0.25) is 0 Å². The van der Waals surface area contributed by atoms with Crippen LogP contribution in [-0.2, 0) is 23.9 Å². The number of carbonyl (C=O) groups is 4. The third kappa shape index (κ3) is 2.42. The Balaban J connectivity index is 2.17. The molecule has 4 aliphatic rings. The fourth-order valence-corrected chi connectivity index (χ4v) is 7.76. The second-order valence-corrected chi connectivity index (χ2v) is 10.6. The lowest BCUT2D eigenvalue weighted by atomic mass is 9.50. The molecule has 0 aromatic rings. The molecule has 4 rings (SSSR count). The van der Waals surface area contributed by atoms with E-state index in [2.05, 4.69) is 0 Å². The van der Waals surface area contributed by atoms with E-state index in [0.29, 0.717) is 0 Å². The van der Waals surface area contributed by atoms with E-state index < -0.39 is 74.5 Å². The number of rotatable bonds is 5. The number of Topliss-reactive ketones (excluding diaryl/α,β-unsaturated/α-hetero) is 2. The van der Waals surface area contributed by atoms with Gasteiger partial charge in [0.15, 0.2) is 17.3 Å². The SMILES string of the molecule is C/C=C/C=C/C(=O)[C@]12C(=O)[C@@](C)(O)[C@@H]3\C(=C(O)/C=C/C=C/C)C(=O)[C@@]1(C)[C@@]1(O)[C@@H](C)C(=O)O[C@@]1(C)[C@@H]32. The average molecular weight is 497 g/mol. The van der Waals surface area contributed by atoms with Gasteiger partial charge < -0.3 is 20.1 Å². The number of aliphatic hydroxyl groups excluding tert-OH is 1. The molecule has 4 fully saturated rings. The van der Waals surface area contributed by atoms with Gasteiger partial charge in [-0.1, -0.05) is 36.5 Å². The fraction of sp³-hybridized carbons (Fsp3) is 0.500. The van der Waals surface area contributed by atoms with Crippen molar-refractivity contribution in [3.8, 4) is 0 Å². The second kappa shape index (κ2) is 7.70. The summed E-state index contributed by atoms with van der Waals surface area (Å²) in [6.07, 6.45) is 11.9.